The van der Waals surface area contributed by atoms with Crippen LogP contribution in [-0.2, 0) is 12.8 Å². The molecule has 16 heavy (non-hydrogen) atoms. The van der Waals surface area contributed by atoms with Crippen LogP contribution in [0.25, 0.3) is 0 Å². The van der Waals surface area contributed by atoms with Crippen molar-refractivity contribution in [2.24, 2.45) is 0 Å². The van der Waals surface area contributed by atoms with Crippen LogP contribution in [0.4, 0.5) is 8.78 Å². The van der Waals surface area contributed by atoms with E-state index in [2.05, 4.69) is 0 Å². The van der Waals surface area contributed by atoms with Gasteiger partial charge in [0.05, 0.1) is 0 Å². The van der Waals surface area contributed by atoms with Crippen molar-refractivity contribution in [3.8, 4) is 0 Å². The lowest BCUT2D eigenvalue weighted by atomic mass is 10.0. The topological polar surface area (TPSA) is 0 Å². The number of benzene rings is 2. The molecule has 0 aromatic heterocycles. The first-order valence-electron chi connectivity index (χ1n) is 5.23. The predicted molar refractivity (Wildman–Crippen MR) is 60.2 cm³/mol. The molecule has 0 radical (unpaired) electrons. The molecule has 0 spiro atoms. The summed E-state index contributed by atoms with van der Waals surface area (Å²) in [6.45, 7) is 0. The van der Waals surface area contributed by atoms with Crippen molar-refractivity contribution in [1.29, 1.82) is 0 Å². The Hall–Kier alpha value is -1.70. The van der Waals surface area contributed by atoms with Crippen molar-refractivity contribution < 1.29 is 8.78 Å². The van der Waals surface area contributed by atoms with Crippen LogP contribution in [0.15, 0.2) is 48.5 Å². The largest absolute Gasteiger partial charge is 0.207 e. The fraction of sp³-hybridized carbons (Fsp3) is 0.143. The lowest BCUT2D eigenvalue weighted by molar-refractivity contribution is 0.579. The van der Waals surface area contributed by atoms with Crippen molar-refractivity contribution in [2.75, 3.05) is 0 Å². The molecular formula is C14H12F2. The van der Waals surface area contributed by atoms with Gasteiger partial charge in [-0.15, -0.1) is 0 Å². The summed E-state index contributed by atoms with van der Waals surface area (Å²) in [5.74, 6) is -1.02. The lowest BCUT2D eigenvalue weighted by Gasteiger charge is -2.02. The first kappa shape index (κ1) is 10.8. The first-order chi connectivity index (χ1) is 7.74. The van der Waals surface area contributed by atoms with Crippen LogP contribution in [0.1, 0.15) is 11.1 Å². The van der Waals surface area contributed by atoms with E-state index in [0.717, 1.165) is 12.5 Å². The summed E-state index contributed by atoms with van der Waals surface area (Å²) in [7, 11) is 0. The molecule has 82 valence electrons. The fourth-order valence-electron chi connectivity index (χ4n) is 1.69. The summed E-state index contributed by atoms with van der Waals surface area (Å²) in [5, 5.41) is 0. The molecule has 0 heterocycles. The van der Waals surface area contributed by atoms with Gasteiger partial charge in [-0.05, 0) is 36.1 Å². The summed E-state index contributed by atoms with van der Waals surface area (Å²) in [6, 6.07) is 13.5. The number of hydrogen-bond acceptors (Lipinski definition) is 0. The summed E-state index contributed by atoms with van der Waals surface area (Å²) in [5.41, 5.74) is 1.87. The summed E-state index contributed by atoms with van der Waals surface area (Å²) in [6.07, 6.45) is 1.45. The third-order valence-corrected chi connectivity index (χ3v) is 2.47. The third kappa shape index (κ3) is 2.89. The van der Waals surface area contributed by atoms with Gasteiger partial charge in [-0.2, -0.15) is 0 Å². The molecule has 2 aromatic rings. The van der Waals surface area contributed by atoms with Crippen LogP contribution in [0.5, 0.6) is 0 Å². The Balaban J connectivity index is 2.05. The number of aryl methyl sites for hydroxylation is 2. The first-order valence-corrected chi connectivity index (χ1v) is 5.23. The van der Waals surface area contributed by atoms with Crippen molar-refractivity contribution in [2.45, 2.75) is 12.8 Å². The van der Waals surface area contributed by atoms with Gasteiger partial charge in [0.1, 0.15) is 11.6 Å². The summed E-state index contributed by atoms with van der Waals surface area (Å²) >= 11 is 0. The van der Waals surface area contributed by atoms with Gasteiger partial charge in [0.25, 0.3) is 0 Å². The Bertz CT molecular complexity index is 443. The molecular weight excluding hydrogens is 206 g/mol. The molecule has 0 aliphatic rings. The smallest absolute Gasteiger partial charge is 0.126 e. The Morgan fingerprint density at radius 2 is 1.25 bits per heavy atom. The molecule has 0 bridgehead atoms. The molecule has 0 saturated heterocycles. The normalized spacial score (nSPS) is 10.4. The summed E-state index contributed by atoms with van der Waals surface area (Å²) in [4.78, 5) is 0. The standard InChI is InChI=1S/C14H12F2/c15-13-8-12(9-14(16)10-13)7-6-11-4-2-1-3-5-11/h1-5,8-10H,6-7H2. The predicted octanol–water partition coefficient (Wildman–Crippen LogP) is 3.75. The van der Waals surface area contributed by atoms with E-state index in [1.54, 1.807) is 0 Å². The molecule has 0 unspecified atom stereocenters. The van der Waals surface area contributed by atoms with Crippen molar-refractivity contribution in [1.82, 2.24) is 0 Å². The Kier molecular flexibility index (Phi) is 3.30. The highest BCUT2D eigenvalue weighted by molar-refractivity contribution is 5.21. The average Bonchev–Trinajstić information content (AvgIpc) is 2.27. The van der Waals surface area contributed by atoms with Gasteiger partial charge in [0, 0.05) is 6.07 Å². The molecule has 0 N–H and O–H groups in total. The molecule has 2 heteroatoms. The monoisotopic (exact) mass is 218 g/mol. The number of hydrogen-bond donors (Lipinski definition) is 0. The minimum absolute atomic E-state index is 0.511. The molecule has 2 rings (SSSR count). The maximum Gasteiger partial charge on any atom is 0.126 e. The molecule has 0 nitrogen and oxygen atoms in total. The van der Waals surface area contributed by atoms with E-state index >= 15 is 0 Å². The highest BCUT2D eigenvalue weighted by Gasteiger charge is 2.01. The second-order valence-electron chi connectivity index (χ2n) is 3.76. The fourth-order valence-corrected chi connectivity index (χ4v) is 1.69. The molecule has 0 atom stereocenters. The van der Waals surface area contributed by atoms with Crippen LogP contribution in [0.3, 0.4) is 0 Å². The highest BCUT2D eigenvalue weighted by atomic mass is 19.1. The van der Waals surface area contributed by atoms with E-state index in [4.69, 9.17) is 0 Å². The van der Waals surface area contributed by atoms with E-state index < -0.39 is 11.6 Å². The SMILES string of the molecule is Fc1cc(F)cc(CCc2ccccc2)c1. The van der Waals surface area contributed by atoms with Gasteiger partial charge in [-0.25, -0.2) is 8.78 Å². The summed E-state index contributed by atoms with van der Waals surface area (Å²) < 4.78 is 25.8. The molecule has 0 saturated carbocycles. The second-order valence-corrected chi connectivity index (χ2v) is 3.76. The van der Waals surface area contributed by atoms with Gasteiger partial charge in [0.2, 0.25) is 0 Å². The molecule has 0 amide bonds. The Morgan fingerprint density at radius 3 is 1.88 bits per heavy atom. The van der Waals surface area contributed by atoms with Crippen LogP contribution < -0.4 is 0 Å². The Labute approximate surface area is 93.5 Å². The van der Waals surface area contributed by atoms with Crippen molar-refractivity contribution >= 4 is 0 Å². The van der Waals surface area contributed by atoms with Crippen LogP contribution in [0.2, 0.25) is 0 Å². The third-order valence-electron chi connectivity index (χ3n) is 2.47. The number of halogens is 2. The average molecular weight is 218 g/mol. The molecule has 0 aliphatic heterocycles. The highest BCUT2D eigenvalue weighted by Crippen LogP contribution is 2.11. The minimum Gasteiger partial charge on any atom is -0.207 e. The zero-order chi connectivity index (χ0) is 11.4. The van der Waals surface area contributed by atoms with Crippen LogP contribution in [-0.4, -0.2) is 0 Å². The second kappa shape index (κ2) is 4.88. The Morgan fingerprint density at radius 1 is 0.688 bits per heavy atom. The van der Waals surface area contributed by atoms with E-state index in [0.29, 0.717) is 12.0 Å². The van der Waals surface area contributed by atoms with Gasteiger partial charge in [-0.3, -0.25) is 0 Å². The van der Waals surface area contributed by atoms with E-state index in [1.165, 1.54) is 17.7 Å². The number of rotatable bonds is 3. The maximum absolute atomic E-state index is 12.9. The van der Waals surface area contributed by atoms with Crippen LogP contribution in [0, 0.1) is 11.6 Å². The zero-order valence-electron chi connectivity index (χ0n) is 8.79. The van der Waals surface area contributed by atoms with Gasteiger partial charge in [-0.1, -0.05) is 30.3 Å². The van der Waals surface area contributed by atoms with Gasteiger partial charge in [0.15, 0.2) is 0 Å². The van der Waals surface area contributed by atoms with E-state index in [9.17, 15) is 8.78 Å². The van der Waals surface area contributed by atoms with Crippen LogP contribution >= 0.6 is 0 Å². The molecule has 0 aliphatic carbocycles. The molecule has 0 fully saturated rings. The van der Waals surface area contributed by atoms with E-state index in [1.807, 2.05) is 30.3 Å². The lowest BCUT2D eigenvalue weighted by Crippen LogP contribution is -1.93. The van der Waals surface area contributed by atoms with E-state index in [-0.39, 0.29) is 0 Å². The minimum atomic E-state index is -0.511. The molecule has 2 aromatic carbocycles. The quantitative estimate of drug-likeness (QED) is 0.736. The van der Waals surface area contributed by atoms with Crippen molar-refractivity contribution in [3.05, 3.63) is 71.3 Å². The maximum atomic E-state index is 12.9. The van der Waals surface area contributed by atoms with Crippen molar-refractivity contribution in [3.63, 3.8) is 0 Å². The van der Waals surface area contributed by atoms with Gasteiger partial charge >= 0.3 is 0 Å². The van der Waals surface area contributed by atoms with Gasteiger partial charge < -0.3 is 0 Å². The zero-order valence-corrected chi connectivity index (χ0v) is 8.79.